The smallest absolute Gasteiger partial charge is 0.244 e. The number of halogens is 1. The lowest BCUT2D eigenvalue weighted by Gasteiger charge is -2.12. The van der Waals surface area contributed by atoms with Crippen LogP contribution in [-0.2, 0) is 10.0 Å². The second-order valence-electron chi connectivity index (χ2n) is 7.07. The zero-order valence-corrected chi connectivity index (χ0v) is 21.5. The van der Waals surface area contributed by atoms with Crippen molar-refractivity contribution in [3.05, 3.63) is 53.0 Å². The van der Waals surface area contributed by atoms with Gasteiger partial charge in [-0.2, -0.15) is 4.52 Å². The van der Waals surface area contributed by atoms with Gasteiger partial charge in [-0.1, -0.05) is 15.9 Å². The highest BCUT2D eigenvalue weighted by molar-refractivity contribution is 9.10. The van der Waals surface area contributed by atoms with Crippen LogP contribution in [0.15, 0.2) is 57.9 Å². The van der Waals surface area contributed by atoms with Gasteiger partial charge in [0.05, 0.1) is 26.9 Å². The molecule has 35 heavy (non-hydrogen) atoms. The van der Waals surface area contributed by atoms with Crippen molar-refractivity contribution in [1.29, 1.82) is 0 Å². The van der Waals surface area contributed by atoms with Gasteiger partial charge in [-0.3, -0.25) is 0 Å². The van der Waals surface area contributed by atoms with E-state index >= 15 is 0 Å². The number of nitrogens with zero attached hydrogens (tertiary/aromatic N) is 4. The second kappa shape index (κ2) is 10.5. The zero-order valence-electron chi connectivity index (χ0n) is 19.1. The van der Waals surface area contributed by atoms with E-state index in [-0.39, 0.29) is 29.7 Å². The third-order valence-corrected chi connectivity index (χ3v) is 6.92. The van der Waals surface area contributed by atoms with Crippen LogP contribution in [0.3, 0.4) is 0 Å². The molecule has 13 heteroatoms. The van der Waals surface area contributed by atoms with Gasteiger partial charge in [0.15, 0.2) is 11.5 Å². The number of aromatic nitrogens is 4. The third-order valence-electron chi connectivity index (χ3n) is 4.95. The maximum atomic E-state index is 12.7. The molecule has 0 aliphatic rings. The average Bonchev–Trinajstić information content (AvgIpc) is 3.29. The molecule has 2 aromatic carbocycles. The van der Waals surface area contributed by atoms with Crippen molar-refractivity contribution in [1.82, 2.24) is 24.5 Å². The Labute approximate surface area is 210 Å². The SMILES string of the molecule is COc1ccc(-c2nnc3ccc(OCCNS(=O)(=O)c4cc(Br)ccc4OC)nn23)c(OC)c1. The minimum Gasteiger partial charge on any atom is -0.497 e. The number of sulfonamides is 1. The van der Waals surface area contributed by atoms with E-state index in [0.717, 1.165) is 0 Å². The van der Waals surface area contributed by atoms with Crippen molar-refractivity contribution in [3.63, 3.8) is 0 Å². The summed E-state index contributed by atoms with van der Waals surface area (Å²) in [6.07, 6.45) is 0. The van der Waals surface area contributed by atoms with E-state index < -0.39 is 10.0 Å². The normalized spacial score (nSPS) is 11.4. The number of benzene rings is 2. The molecule has 4 rings (SSSR count). The first kappa shape index (κ1) is 24.7. The highest BCUT2D eigenvalue weighted by Gasteiger charge is 2.20. The highest BCUT2D eigenvalue weighted by atomic mass is 79.9. The van der Waals surface area contributed by atoms with E-state index in [1.54, 1.807) is 56.7 Å². The Kier molecular flexibility index (Phi) is 7.38. The summed E-state index contributed by atoms with van der Waals surface area (Å²) in [6.45, 7) is 0.0520. The van der Waals surface area contributed by atoms with Crippen molar-refractivity contribution >= 4 is 31.6 Å². The molecule has 0 atom stereocenters. The molecule has 0 amide bonds. The topological polar surface area (TPSA) is 126 Å². The summed E-state index contributed by atoms with van der Waals surface area (Å²) in [7, 11) is 0.715. The largest absolute Gasteiger partial charge is 0.497 e. The van der Waals surface area contributed by atoms with Gasteiger partial charge in [0.25, 0.3) is 0 Å². The maximum absolute atomic E-state index is 12.7. The molecular formula is C22H22BrN5O6S. The van der Waals surface area contributed by atoms with Gasteiger partial charge in [-0.15, -0.1) is 15.3 Å². The Morgan fingerprint density at radius 3 is 2.49 bits per heavy atom. The van der Waals surface area contributed by atoms with Gasteiger partial charge in [0.1, 0.15) is 28.8 Å². The van der Waals surface area contributed by atoms with Crippen LogP contribution >= 0.6 is 15.9 Å². The van der Waals surface area contributed by atoms with Crippen molar-refractivity contribution in [2.24, 2.45) is 0 Å². The lowest BCUT2D eigenvalue weighted by Crippen LogP contribution is -2.28. The number of methoxy groups -OCH3 is 3. The first-order chi connectivity index (χ1) is 16.9. The average molecular weight is 564 g/mol. The fourth-order valence-electron chi connectivity index (χ4n) is 3.27. The molecule has 0 bridgehead atoms. The zero-order chi connectivity index (χ0) is 25.0. The van der Waals surface area contributed by atoms with Crippen LogP contribution in [0.5, 0.6) is 23.1 Å². The second-order valence-corrected chi connectivity index (χ2v) is 9.72. The fourth-order valence-corrected chi connectivity index (χ4v) is 4.99. The molecule has 0 saturated heterocycles. The molecule has 0 fully saturated rings. The Balaban J connectivity index is 1.48. The van der Waals surface area contributed by atoms with Crippen LogP contribution in [0.2, 0.25) is 0 Å². The van der Waals surface area contributed by atoms with Gasteiger partial charge in [-0.05, 0) is 36.4 Å². The predicted molar refractivity (Wildman–Crippen MR) is 131 cm³/mol. The minimum atomic E-state index is -3.82. The Morgan fingerprint density at radius 1 is 0.943 bits per heavy atom. The number of rotatable bonds is 10. The molecule has 0 unspecified atom stereocenters. The van der Waals surface area contributed by atoms with E-state index in [4.69, 9.17) is 18.9 Å². The van der Waals surface area contributed by atoms with Crippen molar-refractivity contribution in [2.45, 2.75) is 4.90 Å². The molecule has 184 valence electrons. The van der Waals surface area contributed by atoms with Gasteiger partial charge in [0.2, 0.25) is 15.9 Å². The number of ether oxygens (including phenoxy) is 4. The lowest BCUT2D eigenvalue weighted by molar-refractivity contribution is 0.305. The van der Waals surface area contributed by atoms with Crippen molar-refractivity contribution in [2.75, 3.05) is 34.5 Å². The molecular weight excluding hydrogens is 542 g/mol. The standard InChI is InChI=1S/C22H22BrN5O6S/c1-31-15-5-6-16(18(13-15)33-3)22-26-25-20-8-9-21(27-28(20)22)34-11-10-24-35(29,30)19-12-14(23)4-7-17(19)32-2/h4-9,12-13,24H,10-11H2,1-3H3. The van der Waals surface area contributed by atoms with Crippen LogP contribution in [-0.4, -0.2) is 62.7 Å². The van der Waals surface area contributed by atoms with E-state index in [0.29, 0.717) is 33.0 Å². The summed E-state index contributed by atoms with van der Waals surface area (Å²) in [5.74, 6) is 2.14. The van der Waals surface area contributed by atoms with Crippen LogP contribution in [0.1, 0.15) is 0 Å². The third kappa shape index (κ3) is 5.31. The van der Waals surface area contributed by atoms with Gasteiger partial charge in [0, 0.05) is 23.2 Å². The summed E-state index contributed by atoms with van der Waals surface area (Å²) in [4.78, 5) is 0.0245. The van der Waals surface area contributed by atoms with Gasteiger partial charge < -0.3 is 18.9 Å². The molecule has 0 spiro atoms. The number of hydrogen-bond donors (Lipinski definition) is 1. The number of fused-ring (bicyclic) bond motifs is 1. The molecule has 4 aromatic rings. The molecule has 0 radical (unpaired) electrons. The highest BCUT2D eigenvalue weighted by Crippen LogP contribution is 2.32. The van der Waals surface area contributed by atoms with E-state index in [2.05, 4.69) is 35.9 Å². The predicted octanol–water partition coefficient (Wildman–Crippen LogP) is 2.94. The number of nitrogens with one attached hydrogen (secondary N) is 1. The maximum Gasteiger partial charge on any atom is 0.244 e. The number of hydrogen-bond acceptors (Lipinski definition) is 9. The van der Waals surface area contributed by atoms with E-state index in [1.807, 2.05) is 0 Å². The Hall–Kier alpha value is -3.42. The van der Waals surface area contributed by atoms with Gasteiger partial charge >= 0.3 is 0 Å². The first-order valence-electron chi connectivity index (χ1n) is 10.3. The van der Waals surface area contributed by atoms with Gasteiger partial charge in [-0.25, -0.2) is 13.1 Å². The first-order valence-corrected chi connectivity index (χ1v) is 12.5. The molecule has 2 aromatic heterocycles. The van der Waals surface area contributed by atoms with Crippen LogP contribution in [0.25, 0.3) is 17.0 Å². The molecule has 0 aliphatic heterocycles. The van der Waals surface area contributed by atoms with Crippen LogP contribution in [0.4, 0.5) is 0 Å². The summed E-state index contributed by atoms with van der Waals surface area (Å²) >= 11 is 3.28. The summed E-state index contributed by atoms with van der Waals surface area (Å²) in [6, 6.07) is 13.4. The Bertz CT molecular complexity index is 1460. The minimum absolute atomic E-state index is 0.0130. The fraction of sp³-hybridized carbons (Fsp3) is 0.227. The quantitative estimate of drug-likeness (QED) is 0.290. The lowest BCUT2D eigenvalue weighted by atomic mass is 10.2. The molecule has 11 nitrogen and oxygen atoms in total. The summed E-state index contributed by atoms with van der Waals surface area (Å²) in [5.41, 5.74) is 1.17. The summed E-state index contributed by atoms with van der Waals surface area (Å²) in [5, 5.41) is 12.8. The molecule has 0 saturated carbocycles. The van der Waals surface area contributed by atoms with Crippen molar-refractivity contribution in [3.8, 4) is 34.5 Å². The van der Waals surface area contributed by atoms with Crippen LogP contribution < -0.4 is 23.7 Å². The molecule has 0 aliphatic carbocycles. The molecule has 2 heterocycles. The monoisotopic (exact) mass is 563 g/mol. The summed E-state index contributed by atoms with van der Waals surface area (Å²) < 4.78 is 51.6. The van der Waals surface area contributed by atoms with E-state index in [9.17, 15) is 8.42 Å². The van der Waals surface area contributed by atoms with Crippen molar-refractivity contribution < 1.29 is 27.4 Å². The van der Waals surface area contributed by atoms with Crippen LogP contribution in [0, 0.1) is 0 Å². The van der Waals surface area contributed by atoms with E-state index in [1.165, 1.54) is 17.7 Å². The molecule has 1 N–H and O–H groups in total. The Morgan fingerprint density at radius 2 is 1.74 bits per heavy atom.